The zero-order valence-corrected chi connectivity index (χ0v) is 11.7. The summed E-state index contributed by atoms with van der Waals surface area (Å²) in [4.78, 5) is 11.8. The Morgan fingerprint density at radius 1 is 1.14 bits per heavy atom. The largest absolute Gasteiger partial charge is 0.416 e. The van der Waals surface area contributed by atoms with E-state index in [1.807, 2.05) is 6.92 Å². The predicted octanol–water partition coefficient (Wildman–Crippen LogP) is 3.78. The van der Waals surface area contributed by atoms with Gasteiger partial charge in [-0.05, 0) is 36.8 Å². The average Bonchev–Trinajstić information content (AvgIpc) is 2.47. The van der Waals surface area contributed by atoms with Crippen molar-refractivity contribution < 1.29 is 18.0 Å². The summed E-state index contributed by atoms with van der Waals surface area (Å²) >= 11 is 0. The third-order valence-electron chi connectivity index (χ3n) is 2.91. The molecule has 0 saturated heterocycles. The maximum absolute atomic E-state index is 12.6. The minimum atomic E-state index is -4.41. The van der Waals surface area contributed by atoms with Gasteiger partial charge in [-0.25, -0.2) is 5.43 Å². The molecule has 0 aliphatic carbocycles. The van der Waals surface area contributed by atoms with Gasteiger partial charge in [-0.3, -0.25) is 4.79 Å². The third-order valence-corrected chi connectivity index (χ3v) is 2.91. The summed E-state index contributed by atoms with van der Waals surface area (Å²) in [6.45, 7) is 1.90. The molecule has 0 aliphatic rings. The first-order valence-electron chi connectivity index (χ1n) is 6.43. The van der Waals surface area contributed by atoms with Crippen LogP contribution in [0.2, 0.25) is 0 Å². The quantitative estimate of drug-likeness (QED) is 0.680. The molecule has 2 aromatic carbocycles. The number of hydrogen-bond acceptors (Lipinski definition) is 2. The molecule has 2 rings (SSSR count). The van der Waals surface area contributed by atoms with E-state index in [1.54, 1.807) is 24.3 Å². The topological polar surface area (TPSA) is 41.5 Å². The Labute approximate surface area is 125 Å². The summed E-state index contributed by atoms with van der Waals surface area (Å²) in [5.41, 5.74) is 3.20. The van der Waals surface area contributed by atoms with Crippen molar-refractivity contribution in [3.05, 3.63) is 70.8 Å². The highest BCUT2D eigenvalue weighted by atomic mass is 19.4. The summed E-state index contributed by atoms with van der Waals surface area (Å²) in [7, 11) is 0. The Bertz CT molecular complexity index is 691. The Kier molecular flexibility index (Phi) is 4.60. The van der Waals surface area contributed by atoms with Gasteiger partial charge in [0.2, 0.25) is 0 Å². The van der Waals surface area contributed by atoms with Crippen molar-refractivity contribution in [1.82, 2.24) is 5.43 Å². The molecule has 0 bridgehead atoms. The lowest BCUT2D eigenvalue weighted by atomic mass is 10.1. The lowest BCUT2D eigenvalue weighted by Gasteiger charge is -2.06. The van der Waals surface area contributed by atoms with Gasteiger partial charge in [0, 0.05) is 5.56 Å². The number of halogens is 3. The van der Waals surface area contributed by atoms with Gasteiger partial charge in [-0.15, -0.1) is 0 Å². The molecule has 1 amide bonds. The number of carbonyl (C=O) groups is 1. The number of hydrazone groups is 1. The fourth-order valence-electron chi connectivity index (χ4n) is 1.73. The standard InChI is InChI=1S/C16H13F3N2O/c1-11-5-7-13(8-6-11)15(22)21-20-10-12-3-2-4-14(9-12)16(17,18)19/h2-10H,1H3,(H,21,22)/b20-10-. The van der Waals surface area contributed by atoms with E-state index in [1.165, 1.54) is 18.3 Å². The van der Waals surface area contributed by atoms with E-state index in [0.717, 1.165) is 17.7 Å². The second-order valence-electron chi connectivity index (χ2n) is 4.69. The number of alkyl halides is 3. The van der Waals surface area contributed by atoms with E-state index < -0.39 is 17.6 Å². The maximum atomic E-state index is 12.6. The van der Waals surface area contributed by atoms with Crippen LogP contribution in [0.25, 0.3) is 0 Å². The molecule has 0 aliphatic heterocycles. The lowest BCUT2D eigenvalue weighted by Crippen LogP contribution is -2.17. The van der Waals surface area contributed by atoms with Gasteiger partial charge >= 0.3 is 6.18 Å². The summed E-state index contributed by atoms with van der Waals surface area (Å²) in [6, 6.07) is 11.5. The fourth-order valence-corrected chi connectivity index (χ4v) is 1.73. The van der Waals surface area contributed by atoms with Gasteiger partial charge in [0.1, 0.15) is 0 Å². The Balaban J connectivity index is 2.03. The number of rotatable bonds is 3. The fraction of sp³-hybridized carbons (Fsp3) is 0.125. The van der Waals surface area contributed by atoms with Gasteiger partial charge in [-0.2, -0.15) is 18.3 Å². The van der Waals surface area contributed by atoms with E-state index >= 15 is 0 Å². The molecule has 0 atom stereocenters. The predicted molar refractivity (Wildman–Crippen MR) is 77.7 cm³/mol. The number of hydrogen-bond donors (Lipinski definition) is 1. The summed E-state index contributed by atoms with van der Waals surface area (Å²) in [5, 5.41) is 3.67. The monoisotopic (exact) mass is 306 g/mol. The van der Waals surface area contributed by atoms with E-state index in [0.29, 0.717) is 5.56 Å². The summed E-state index contributed by atoms with van der Waals surface area (Å²) in [5.74, 6) is -0.428. The molecule has 114 valence electrons. The van der Waals surface area contributed by atoms with Crippen LogP contribution in [-0.4, -0.2) is 12.1 Å². The van der Waals surface area contributed by atoms with Crippen LogP contribution in [0.1, 0.15) is 27.0 Å². The van der Waals surface area contributed by atoms with Crippen LogP contribution >= 0.6 is 0 Å². The molecule has 0 fully saturated rings. The molecular weight excluding hydrogens is 293 g/mol. The normalized spacial score (nSPS) is 11.6. The third kappa shape index (κ3) is 4.18. The highest BCUT2D eigenvalue weighted by Gasteiger charge is 2.30. The van der Waals surface area contributed by atoms with Crippen LogP contribution < -0.4 is 5.43 Å². The molecule has 22 heavy (non-hydrogen) atoms. The first-order chi connectivity index (χ1) is 10.4. The number of benzene rings is 2. The molecule has 6 heteroatoms. The van der Waals surface area contributed by atoms with Gasteiger partial charge in [-0.1, -0.05) is 29.8 Å². The highest BCUT2D eigenvalue weighted by Crippen LogP contribution is 2.29. The van der Waals surface area contributed by atoms with Crippen molar-refractivity contribution in [2.45, 2.75) is 13.1 Å². The molecule has 0 aromatic heterocycles. The van der Waals surface area contributed by atoms with E-state index in [9.17, 15) is 18.0 Å². The van der Waals surface area contributed by atoms with Crippen molar-refractivity contribution in [3.8, 4) is 0 Å². The Morgan fingerprint density at radius 3 is 2.45 bits per heavy atom. The summed E-state index contributed by atoms with van der Waals surface area (Å²) < 4.78 is 37.7. The number of amides is 1. The molecule has 0 heterocycles. The van der Waals surface area contributed by atoms with Crippen molar-refractivity contribution in [3.63, 3.8) is 0 Å². The molecule has 3 nitrogen and oxygen atoms in total. The van der Waals surface area contributed by atoms with Crippen molar-refractivity contribution >= 4 is 12.1 Å². The smallest absolute Gasteiger partial charge is 0.267 e. The number of aryl methyl sites for hydroxylation is 1. The number of carbonyl (C=O) groups excluding carboxylic acids is 1. The number of nitrogens with one attached hydrogen (secondary N) is 1. The van der Waals surface area contributed by atoms with Gasteiger partial charge in [0.15, 0.2) is 0 Å². The molecule has 0 saturated carbocycles. The Morgan fingerprint density at radius 2 is 1.82 bits per heavy atom. The zero-order chi connectivity index (χ0) is 16.2. The van der Waals surface area contributed by atoms with E-state index in [4.69, 9.17) is 0 Å². The van der Waals surface area contributed by atoms with Crippen LogP contribution in [0.5, 0.6) is 0 Å². The second kappa shape index (κ2) is 6.43. The average molecular weight is 306 g/mol. The minimum Gasteiger partial charge on any atom is -0.267 e. The van der Waals surface area contributed by atoms with Gasteiger partial charge in [0.25, 0.3) is 5.91 Å². The molecular formula is C16H13F3N2O. The van der Waals surface area contributed by atoms with Crippen molar-refractivity contribution in [1.29, 1.82) is 0 Å². The van der Waals surface area contributed by atoms with Crippen LogP contribution in [-0.2, 0) is 6.18 Å². The van der Waals surface area contributed by atoms with Gasteiger partial charge < -0.3 is 0 Å². The van der Waals surface area contributed by atoms with Crippen LogP contribution in [0.15, 0.2) is 53.6 Å². The SMILES string of the molecule is Cc1ccc(C(=O)N/N=C\c2cccc(C(F)(F)F)c2)cc1. The molecule has 1 N–H and O–H groups in total. The molecule has 2 aromatic rings. The zero-order valence-electron chi connectivity index (χ0n) is 11.7. The van der Waals surface area contributed by atoms with E-state index in [-0.39, 0.29) is 5.56 Å². The van der Waals surface area contributed by atoms with Crippen LogP contribution in [0.3, 0.4) is 0 Å². The first kappa shape index (κ1) is 15.8. The first-order valence-corrected chi connectivity index (χ1v) is 6.43. The molecule has 0 radical (unpaired) electrons. The number of nitrogens with zero attached hydrogens (tertiary/aromatic N) is 1. The van der Waals surface area contributed by atoms with Crippen molar-refractivity contribution in [2.24, 2.45) is 5.10 Å². The van der Waals surface area contributed by atoms with Crippen LogP contribution in [0.4, 0.5) is 13.2 Å². The van der Waals surface area contributed by atoms with Gasteiger partial charge in [0.05, 0.1) is 11.8 Å². The highest BCUT2D eigenvalue weighted by molar-refractivity contribution is 5.94. The second-order valence-corrected chi connectivity index (χ2v) is 4.69. The minimum absolute atomic E-state index is 0.249. The van der Waals surface area contributed by atoms with Crippen molar-refractivity contribution in [2.75, 3.05) is 0 Å². The molecule has 0 spiro atoms. The molecule has 0 unspecified atom stereocenters. The van der Waals surface area contributed by atoms with Crippen LogP contribution in [0, 0.1) is 6.92 Å². The maximum Gasteiger partial charge on any atom is 0.416 e. The van der Waals surface area contributed by atoms with E-state index in [2.05, 4.69) is 10.5 Å². The summed E-state index contributed by atoms with van der Waals surface area (Å²) in [6.07, 6.45) is -3.24. The Hall–Kier alpha value is -2.63. The lowest BCUT2D eigenvalue weighted by molar-refractivity contribution is -0.137.